The SMILES string of the molecule is NNC(Cc1cc(F)ccc1Br)c1ccc(F)c(Cl)c1. The third kappa shape index (κ3) is 3.55. The second-order valence-electron chi connectivity index (χ2n) is 4.33. The predicted molar refractivity (Wildman–Crippen MR) is 79.3 cm³/mol. The summed E-state index contributed by atoms with van der Waals surface area (Å²) >= 11 is 9.13. The van der Waals surface area contributed by atoms with Crippen LogP contribution < -0.4 is 11.3 Å². The molecule has 0 aliphatic rings. The Balaban J connectivity index is 2.28. The second-order valence-corrected chi connectivity index (χ2v) is 5.59. The van der Waals surface area contributed by atoms with Gasteiger partial charge in [-0.05, 0) is 47.9 Å². The lowest BCUT2D eigenvalue weighted by Gasteiger charge is -2.17. The van der Waals surface area contributed by atoms with Crippen molar-refractivity contribution in [1.82, 2.24) is 5.43 Å². The largest absolute Gasteiger partial charge is 0.271 e. The van der Waals surface area contributed by atoms with Gasteiger partial charge in [-0.1, -0.05) is 33.6 Å². The molecule has 0 saturated heterocycles. The van der Waals surface area contributed by atoms with Crippen LogP contribution in [0.2, 0.25) is 5.02 Å². The van der Waals surface area contributed by atoms with Crippen molar-refractivity contribution in [3.63, 3.8) is 0 Å². The molecule has 3 N–H and O–H groups in total. The van der Waals surface area contributed by atoms with Gasteiger partial charge in [0.15, 0.2) is 0 Å². The van der Waals surface area contributed by atoms with E-state index in [0.717, 1.165) is 15.6 Å². The van der Waals surface area contributed by atoms with Gasteiger partial charge in [-0.25, -0.2) is 8.78 Å². The second kappa shape index (κ2) is 6.63. The van der Waals surface area contributed by atoms with Crippen molar-refractivity contribution in [1.29, 1.82) is 0 Å². The third-order valence-corrected chi connectivity index (χ3v) is 4.04. The molecule has 2 aromatic carbocycles. The number of rotatable bonds is 4. The first-order valence-corrected chi connectivity index (χ1v) is 7.03. The maximum Gasteiger partial charge on any atom is 0.141 e. The molecule has 2 rings (SSSR count). The Morgan fingerprint density at radius 3 is 2.60 bits per heavy atom. The minimum absolute atomic E-state index is 0.0288. The van der Waals surface area contributed by atoms with E-state index in [1.165, 1.54) is 24.3 Å². The molecule has 0 amide bonds. The van der Waals surface area contributed by atoms with Crippen molar-refractivity contribution in [2.24, 2.45) is 5.84 Å². The highest BCUT2D eigenvalue weighted by Gasteiger charge is 2.14. The summed E-state index contributed by atoms with van der Waals surface area (Å²) in [7, 11) is 0. The number of hydrogen-bond acceptors (Lipinski definition) is 2. The highest BCUT2D eigenvalue weighted by atomic mass is 79.9. The van der Waals surface area contributed by atoms with Crippen LogP contribution in [-0.4, -0.2) is 0 Å². The van der Waals surface area contributed by atoms with Crippen LogP contribution in [0.25, 0.3) is 0 Å². The van der Waals surface area contributed by atoms with E-state index in [2.05, 4.69) is 21.4 Å². The van der Waals surface area contributed by atoms with Crippen molar-refractivity contribution in [3.05, 3.63) is 68.7 Å². The molecule has 0 aliphatic carbocycles. The molecule has 2 nitrogen and oxygen atoms in total. The van der Waals surface area contributed by atoms with Gasteiger partial charge in [0.05, 0.1) is 11.1 Å². The zero-order valence-corrected chi connectivity index (χ0v) is 12.7. The van der Waals surface area contributed by atoms with Gasteiger partial charge in [0.2, 0.25) is 0 Å². The van der Waals surface area contributed by atoms with Gasteiger partial charge >= 0.3 is 0 Å². The highest BCUT2D eigenvalue weighted by Crippen LogP contribution is 2.26. The number of hydrogen-bond donors (Lipinski definition) is 2. The Bertz CT molecular complexity index is 622. The molecular formula is C14H12BrClF2N2. The van der Waals surface area contributed by atoms with Gasteiger partial charge in [0.1, 0.15) is 11.6 Å². The number of benzene rings is 2. The van der Waals surface area contributed by atoms with Crippen LogP contribution in [0, 0.1) is 11.6 Å². The summed E-state index contributed by atoms with van der Waals surface area (Å²) in [6.07, 6.45) is 0.441. The number of nitrogens with one attached hydrogen (secondary N) is 1. The van der Waals surface area contributed by atoms with Crippen LogP contribution in [0.5, 0.6) is 0 Å². The van der Waals surface area contributed by atoms with Gasteiger partial charge < -0.3 is 0 Å². The predicted octanol–water partition coefficient (Wildman–Crippen LogP) is 4.13. The van der Waals surface area contributed by atoms with Crippen LogP contribution in [0.15, 0.2) is 40.9 Å². The lowest BCUT2D eigenvalue weighted by molar-refractivity contribution is 0.545. The molecule has 0 radical (unpaired) electrons. The summed E-state index contributed by atoms with van der Waals surface area (Å²) in [6.45, 7) is 0. The molecule has 1 unspecified atom stereocenters. The molecule has 0 spiro atoms. The van der Waals surface area contributed by atoms with Crippen LogP contribution in [0.3, 0.4) is 0 Å². The zero-order chi connectivity index (χ0) is 14.7. The average molecular weight is 362 g/mol. The van der Waals surface area contributed by atoms with Gasteiger partial charge in [-0.15, -0.1) is 0 Å². The fourth-order valence-electron chi connectivity index (χ4n) is 1.92. The molecule has 0 bridgehead atoms. The van der Waals surface area contributed by atoms with E-state index >= 15 is 0 Å². The van der Waals surface area contributed by atoms with Crippen molar-refractivity contribution < 1.29 is 8.78 Å². The minimum Gasteiger partial charge on any atom is -0.271 e. The maximum atomic E-state index is 13.3. The summed E-state index contributed by atoms with van der Waals surface area (Å²) in [5, 5.41) is 0.0288. The summed E-state index contributed by atoms with van der Waals surface area (Å²) in [5.74, 6) is 4.72. The average Bonchev–Trinajstić information content (AvgIpc) is 2.43. The van der Waals surface area contributed by atoms with Crippen molar-refractivity contribution in [2.75, 3.05) is 0 Å². The van der Waals surface area contributed by atoms with Crippen molar-refractivity contribution in [3.8, 4) is 0 Å². The summed E-state index contributed by atoms with van der Waals surface area (Å²) in [6, 6.07) is 8.52. The lowest BCUT2D eigenvalue weighted by atomic mass is 9.99. The lowest BCUT2D eigenvalue weighted by Crippen LogP contribution is -2.29. The molecule has 0 saturated carbocycles. The Hall–Kier alpha value is -1.01. The smallest absolute Gasteiger partial charge is 0.141 e. The Labute approximate surface area is 129 Å². The van der Waals surface area contributed by atoms with E-state index in [4.69, 9.17) is 17.4 Å². The van der Waals surface area contributed by atoms with Crippen LogP contribution >= 0.6 is 27.5 Å². The molecule has 0 aliphatic heterocycles. The van der Waals surface area contributed by atoms with E-state index in [1.54, 1.807) is 12.1 Å². The number of nitrogens with two attached hydrogens (primary N) is 1. The van der Waals surface area contributed by atoms with Gasteiger partial charge in [0, 0.05) is 4.47 Å². The van der Waals surface area contributed by atoms with Gasteiger partial charge in [-0.2, -0.15) is 0 Å². The fraction of sp³-hybridized carbons (Fsp3) is 0.143. The first-order valence-electron chi connectivity index (χ1n) is 5.86. The maximum absolute atomic E-state index is 13.3. The number of hydrazine groups is 1. The molecule has 2 aromatic rings. The summed E-state index contributed by atoms with van der Waals surface area (Å²) in [4.78, 5) is 0. The topological polar surface area (TPSA) is 38.0 Å². The number of halogens is 4. The summed E-state index contributed by atoms with van der Waals surface area (Å²) in [5.41, 5.74) is 4.13. The molecule has 106 valence electrons. The third-order valence-electron chi connectivity index (χ3n) is 2.98. The first-order chi connectivity index (χ1) is 9.51. The van der Waals surface area contributed by atoms with Crippen LogP contribution in [0.1, 0.15) is 17.2 Å². The normalized spacial score (nSPS) is 12.4. The van der Waals surface area contributed by atoms with Gasteiger partial charge in [-0.3, -0.25) is 11.3 Å². The molecule has 6 heteroatoms. The first kappa shape index (κ1) is 15.4. The molecule has 0 fully saturated rings. The Morgan fingerprint density at radius 1 is 1.20 bits per heavy atom. The Morgan fingerprint density at radius 2 is 1.95 bits per heavy atom. The quantitative estimate of drug-likeness (QED) is 0.635. The molecule has 0 aromatic heterocycles. The Kier molecular flexibility index (Phi) is 5.10. The molecule has 20 heavy (non-hydrogen) atoms. The van der Waals surface area contributed by atoms with Crippen molar-refractivity contribution >= 4 is 27.5 Å². The molecule has 0 heterocycles. The van der Waals surface area contributed by atoms with E-state index in [0.29, 0.717) is 6.42 Å². The van der Waals surface area contributed by atoms with E-state index in [1.807, 2.05) is 0 Å². The highest BCUT2D eigenvalue weighted by molar-refractivity contribution is 9.10. The van der Waals surface area contributed by atoms with Gasteiger partial charge in [0.25, 0.3) is 0 Å². The standard InChI is InChI=1S/C14H12BrClF2N2/c15-11-3-2-10(17)5-9(11)7-14(20-19)8-1-4-13(18)12(16)6-8/h1-6,14,20H,7,19H2. The van der Waals surface area contributed by atoms with E-state index in [-0.39, 0.29) is 16.9 Å². The van der Waals surface area contributed by atoms with E-state index in [9.17, 15) is 8.78 Å². The minimum atomic E-state index is -0.488. The summed E-state index contributed by atoms with van der Waals surface area (Å²) < 4.78 is 27.2. The van der Waals surface area contributed by atoms with Crippen LogP contribution in [-0.2, 0) is 6.42 Å². The van der Waals surface area contributed by atoms with Crippen molar-refractivity contribution in [2.45, 2.75) is 12.5 Å². The molecular weight excluding hydrogens is 350 g/mol. The fourth-order valence-corrected chi connectivity index (χ4v) is 2.52. The monoisotopic (exact) mass is 360 g/mol. The van der Waals surface area contributed by atoms with Crippen LogP contribution in [0.4, 0.5) is 8.78 Å². The zero-order valence-electron chi connectivity index (χ0n) is 10.3. The molecule has 1 atom stereocenters. The van der Waals surface area contributed by atoms with E-state index < -0.39 is 5.82 Å².